The summed E-state index contributed by atoms with van der Waals surface area (Å²) in [5.41, 5.74) is -0.613. The Hall–Kier alpha value is -4.36. The summed E-state index contributed by atoms with van der Waals surface area (Å²) in [6.07, 6.45) is -2.70. The van der Waals surface area contributed by atoms with Crippen molar-refractivity contribution in [2.24, 2.45) is 0 Å². The van der Waals surface area contributed by atoms with Crippen LogP contribution < -0.4 is 16.0 Å². The molecule has 1 fully saturated rings. The molecule has 1 aliphatic rings. The molecule has 0 bridgehead atoms. The number of urea groups is 1. The zero-order chi connectivity index (χ0) is 28.2. The average molecular weight is 548 g/mol. The van der Waals surface area contributed by atoms with E-state index in [1.165, 1.54) is 0 Å². The zero-order valence-corrected chi connectivity index (χ0v) is 21.3. The van der Waals surface area contributed by atoms with E-state index in [-0.39, 0.29) is 31.1 Å². The summed E-state index contributed by atoms with van der Waals surface area (Å²) in [6.45, 7) is 4.09. The van der Waals surface area contributed by atoms with E-state index < -0.39 is 23.3 Å². The zero-order valence-electron chi connectivity index (χ0n) is 21.3. The van der Waals surface area contributed by atoms with Gasteiger partial charge in [-0.3, -0.25) is 9.59 Å². The van der Waals surface area contributed by atoms with E-state index >= 15 is 0 Å². The fraction of sp³-hybridized carbons (Fsp3) is 0.400. The third-order valence-corrected chi connectivity index (χ3v) is 6.31. The van der Waals surface area contributed by atoms with Crippen LogP contribution in [0.3, 0.4) is 0 Å². The Morgan fingerprint density at radius 2 is 1.69 bits per heavy atom. The molecule has 0 spiro atoms. The summed E-state index contributed by atoms with van der Waals surface area (Å²) in [6, 6.07) is 7.65. The summed E-state index contributed by atoms with van der Waals surface area (Å²) < 4.78 is 46.5. The van der Waals surface area contributed by atoms with Gasteiger partial charge < -0.3 is 25.4 Å². The molecule has 3 heterocycles. The number of aryl methyl sites for hydroxylation is 2. The molecule has 1 aliphatic heterocycles. The summed E-state index contributed by atoms with van der Waals surface area (Å²) in [5.74, 6) is -0.782. The maximum absolute atomic E-state index is 13.5. The lowest BCUT2D eigenvalue weighted by molar-refractivity contribution is -0.141. The molecule has 4 rings (SSSR count). The number of para-hydroxylation sites is 1. The second kappa shape index (κ2) is 11.6. The number of benzene rings is 1. The van der Waals surface area contributed by atoms with E-state index in [9.17, 15) is 27.6 Å². The van der Waals surface area contributed by atoms with Crippen LogP contribution in [0.1, 0.15) is 50.7 Å². The van der Waals surface area contributed by atoms with Gasteiger partial charge in [-0.05, 0) is 38.8 Å². The lowest BCUT2D eigenvalue weighted by Gasteiger charge is -2.32. The number of likely N-dealkylation sites (tertiary alicyclic amines) is 1. The van der Waals surface area contributed by atoms with Crippen LogP contribution in [-0.4, -0.2) is 69.9 Å². The largest absolute Gasteiger partial charge is 0.435 e. The Labute approximate surface area is 221 Å². The van der Waals surface area contributed by atoms with Crippen molar-refractivity contribution in [1.82, 2.24) is 35.8 Å². The number of aromatic nitrogens is 3. The molecule has 4 amide bonds. The van der Waals surface area contributed by atoms with Gasteiger partial charge in [-0.1, -0.05) is 23.4 Å². The third kappa shape index (κ3) is 6.56. The van der Waals surface area contributed by atoms with Crippen LogP contribution in [0.5, 0.6) is 0 Å². The summed E-state index contributed by atoms with van der Waals surface area (Å²) >= 11 is 0. The molecule has 14 heteroatoms. The maximum Gasteiger partial charge on any atom is 0.435 e. The van der Waals surface area contributed by atoms with E-state index in [0.717, 1.165) is 10.9 Å². The number of hydrogen-bond acceptors (Lipinski definition) is 6. The van der Waals surface area contributed by atoms with E-state index in [1.54, 1.807) is 49.1 Å². The van der Waals surface area contributed by atoms with Crippen LogP contribution in [0, 0.1) is 13.8 Å². The Balaban J connectivity index is 1.23. The molecular weight excluding hydrogens is 519 g/mol. The number of halogens is 3. The van der Waals surface area contributed by atoms with Gasteiger partial charge in [0.2, 0.25) is 0 Å². The highest BCUT2D eigenvalue weighted by Crippen LogP contribution is 2.31. The molecule has 1 saturated heterocycles. The summed E-state index contributed by atoms with van der Waals surface area (Å²) in [5, 5.41) is 15.3. The Kier molecular flexibility index (Phi) is 8.21. The SMILES string of the molecule is Cc1noc(C)c1C(=O)NC1CCN(C(=O)NCCNC(=O)c2cn(-c3ccccc3)nc2C(F)(F)F)CC1. The average Bonchev–Trinajstić information content (AvgIpc) is 3.51. The van der Waals surface area contributed by atoms with E-state index in [0.29, 0.717) is 48.6 Å². The highest BCUT2D eigenvalue weighted by atomic mass is 19.4. The van der Waals surface area contributed by atoms with Crippen molar-refractivity contribution >= 4 is 17.8 Å². The predicted octanol–water partition coefficient (Wildman–Crippen LogP) is 2.83. The molecule has 3 aromatic rings. The highest BCUT2D eigenvalue weighted by molar-refractivity contribution is 5.96. The minimum Gasteiger partial charge on any atom is -0.361 e. The maximum atomic E-state index is 13.5. The molecule has 0 radical (unpaired) electrons. The van der Waals surface area contributed by atoms with Gasteiger partial charge in [0.05, 0.1) is 16.9 Å². The first-order chi connectivity index (χ1) is 18.5. The van der Waals surface area contributed by atoms with Gasteiger partial charge in [-0.15, -0.1) is 0 Å². The van der Waals surface area contributed by atoms with Crippen LogP contribution in [0.2, 0.25) is 0 Å². The number of hydrogen-bond donors (Lipinski definition) is 3. The van der Waals surface area contributed by atoms with E-state index in [4.69, 9.17) is 4.52 Å². The Morgan fingerprint density at radius 3 is 2.31 bits per heavy atom. The quantitative estimate of drug-likeness (QED) is 0.390. The van der Waals surface area contributed by atoms with Crippen LogP contribution >= 0.6 is 0 Å². The van der Waals surface area contributed by atoms with Gasteiger partial charge in [0, 0.05) is 38.4 Å². The molecular formula is C25H28F3N7O4. The van der Waals surface area contributed by atoms with Gasteiger partial charge in [0.1, 0.15) is 11.3 Å². The van der Waals surface area contributed by atoms with Gasteiger partial charge in [0.15, 0.2) is 5.69 Å². The van der Waals surface area contributed by atoms with Crippen LogP contribution in [0.4, 0.5) is 18.0 Å². The molecule has 208 valence electrons. The van der Waals surface area contributed by atoms with Gasteiger partial charge in [-0.25, -0.2) is 9.48 Å². The lowest BCUT2D eigenvalue weighted by Crippen LogP contribution is -2.50. The van der Waals surface area contributed by atoms with Gasteiger partial charge in [0.25, 0.3) is 11.8 Å². The topological polar surface area (TPSA) is 134 Å². The minimum absolute atomic E-state index is 0.0153. The fourth-order valence-electron chi connectivity index (χ4n) is 4.31. The fourth-order valence-corrected chi connectivity index (χ4v) is 4.31. The first kappa shape index (κ1) is 27.7. The monoisotopic (exact) mass is 547 g/mol. The first-order valence-electron chi connectivity index (χ1n) is 12.3. The van der Waals surface area contributed by atoms with Crippen molar-refractivity contribution in [2.45, 2.75) is 38.9 Å². The number of alkyl halides is 3. The smallest absolute Gasteiger partial charge is 0.361 e. The predicted molar refractivity (Wildman–Crippen MR) is 132 cm³/mol. The van der Waals surface area contributed by atoms with Crippen molar-refractivity contribution in [3.63, 3.8) is 0 Å². The number of piperidine rings is 1. The molecule has 39 heavy (non-hydrogen) atoms. The molecule has 1 aromatic carbocycles. The van der Waals surface area contributed by atoms with Crippen LogP contribution in [-0.2, 0) is 6.18 Å². The van der Waals surface area contributed by atoms with Crippen molar-refractivity contribution in [1.29, 1.82) is 0 Å². The second-order valence-corrected chi connectivity index (χ2v) is 9.09. The normalized spacial score (nSPS) is 14.2. The first-order valence-corrected chi connectivity index (χ1v) is 12.3. The molecule has 0 saturated carbocycles. The van der Waals surface area contributed by atoms with Crippen LogP contribution in [0.25, 0.3) is 5.69 Å². The van der Waals surface area contributed by atoms with Crippen LogP contribution in [0.15, 0.2) is 41.1 Å². The van der Waals surface area contributed by atoms with Gasteiger partial charge in [-0.2, -0.15) is 18.3 Å². The number of carbonyl (C=O) groups is 3. The minimum atomic E-state index is -4.82. The Morgan fingerprint density at radius 1 is 1.03 bits per heavy atom. The molecule has 0 aliphatic carbocycles. The number of nitrogens with one attached hydrogen (secondary N) is 3. The highest BCUT2D eigenvalue weighted by Gasteiger charge is 2.39. The number of carbonyl (C=O) groups excluding carboxylic acids is 3. The van der Waals surface area contributed by atoms with E-state index in [2.05, 4.69) is 26.2 Å². The number of nitrogens with zero attached hydrogens (tertiary/aromatic N) is 4. The third-order valence-electron chi connectivity index (χ3n) is 6.31. The van der Waals surface area contributed by atoms with Crippen molar-refractivity contribution in [2.75, 3.05) is 26.2 Å². The molecule has 2 aromatic heterocycles. The van der Waals surface area contributed by atoms with Gasteiger partial charge >= 0.3 is 12.2 Å². The molecule has 11 nitrogen and oxygen atoms in total. The summed E-state index contributed by atoms with van der Waals surface area (Å²) in [7, 11) is 0. The molecule has 0 unspecified atom stereocenters. The standard InChI is InChI=1S/C25H28F3N7O4/c1-15-20(16(2)39-33-15)23(37)31-17-8-12-34(13-9-17)24(38)30-11-10-29-22(36)19-14-35(18-6-4-3-5-7-18)32-21(19)25(26,27)28/h3-7,14,17H,8-13H2,1-2H3,(H,29,36)(H,30,38)(H,31,37). The van der Waals surface area contributed by atoms with Crippen molar-refractivity contribution in [3.05, 3.63) is 64.8 Å². The second-order valence-electron chi connectivity index (χ2n) is 9.09. The lowest BCUT2D eigenvalue weighted by atomic mass is 10.0. The molecule has 0 atom stereocenters. The van der Waals surface area contributed by atoms with Crippen molar-refractivity contribution in [3.8, 4) is 5.69 Å². The molecule has 3 N–H and O–H groups in total. The number of rotatable bonds is 7. The number of amides is 4. The van der Waals surface area contributed by atoms with Crippen molar-refractivity contribution < 1.29 is 32.1 Å². The summed E-state index contributed by atoms with van der Waals surface area (Å²) in [4.78, 5) is 39.1. The van der Waals surface area contributed by atoms with E-state index in [1.807, 2.05) is 0 Å². The Bertz CT molecular complexity index is 1310.